The smallest absolute Gasteiger partial charge is 0.316 e. The molecule has 0 saturated heterocycles. The van der Waals surface area contributed by atoms with Gasteiger partial charge in [-0.2, -0.15) is 0 Å². The number of thioether (sulfide) groups is 1. The Labute approximate surface area is 150 Å². The highest BCUT2D eigenvalue weighted by Gasteiger charge is 2.28. The van der Waals surface area contributed by atoms with Crippen LogP contribution in [0, 0.1) is 23.5 Å². The molecule has 0 unspecified atom stereocenters. The Morgan fingerprint density at radius 2 is 2.04 bits per heavy atom. The molecule has 0 aromatic heterocycles. The average Bonchev–Trinajstić information content (AvgIpc) is 2.58. The van der Waals surface area contributed by atoms with E-state index in [-0.39, 0.29) is 29.2 Å². The first-order valence-electron chi connectivity index (χ1n) is 8.39. The second kappa shape index (κ2) is 9.17. The summed E-state index contributed by atoms with van der Waals surface area (Å²) in [7, 11) is 0. The van der Waals surface area contributed by atoms with E-state index in [2.05, 4.69) is 19.2 Å². The molecule has 1 saturated carbocycles. The number of halogens is 2. The Balaban J connectivity index is 1.72. The van der Waals surface area contributed by atoms with E-state index < -0.39 is 17.6 Å². The lowest BCUT2D eigenvalue weighted by Gasteiger charge is -2.34. The summed E-state index contributed by atoms with van der Waals surface area (Å²) in [6.45, 7) is 3.93. The van der Waals surface area contributed by atoms with Crippen molar-refractivity contribution in [1.29, 1.82) is 0 Å². The summed E-state index contributed by atoms with van der Waals surface area (Å²) in [5.74, 6) is -1.40. The standard InChI is InChI=1S/C18H23F2NO3S/c1-11-4-3-5-15(12(11)2)21-17(22)9-24-18(23)10-25-16-8-13(19)6-7-14(16)20/h6-8,11-12,15H,3-5,9-10H2,1-2H3,(H,21,22)/t11-,12+,15+/m0/s1. The van der Waals surface area contributed by atoms with Crippen molar-refractivity contribution in [1.82, 2.24) is 5.32 Å². The second-order valence-corrected chi connectivity index (χ2v) is 7.48. The third kappa shape index (κ3) is 5.99. The van der Waals surface area contributed by atoms with Crippen LogP contribution in [0.25, 0.3) is 0 Å². The lowest BCUT2D eigenvalue weighted by molar-refractivity contribution is -0.146. The summed E-state index contributed by atoms with van der Waals surface area (Å²) in [6, 6.07) is 3.13. The summed E-state index contributed by atoms with van der Waals surface area (Å²) < 4.78 is 31.4. The molecule has 1 aliphatic carbocycles. The van der Waals surface area contributed by atoms with E-state index in [0.717, 1.165) is 49.2 Å². The SMILES string of the molecule is C[C@@H]1[C@@H](C)CCC[C@H]1NC(=O)COC(=O)CSc1cc(F)ccc1F. The van der Waals surface area contributed by atoms with Crippen molar-refractivity contribution >= 4 is 23.6 Å². The topological polar surface area (TPSA) is 55.4 Å². The number of benzene rings is 1. The Morgan fingerprint density at radius 1 is 1.28 bits per heavy atom. The zero-order valence-electron chi connectivity index (χ0n) is 14.4. The zero-order valence-corrected chi connectivity index (χ0v) is 15.2. The minimum absolute atomic E-state index is 0.0337. The van der Waals surface area contributed by atoms with Crippen molar-refractivity contribution in [3.63, 3.8) is 0 Å². The third-order valence-corrected chi connectivity index (χ3v) is 5.66. The largest absolute Gasteiger partial charge is 0.455 e. The molecule has 1 fully saturated rings. The zero-order chi connectivity index (χ0) is 18.4. The first kappa shape index (κ1) is 19.7. The summed E-state index contributed by atoms with van der Waals surface area (Å²) >= 11 is 0.836. The minimum atomic E-state index is -0.645. The normalized spacial score (nSPS) is 23.1. The molecule has 2 rings (SSSR count). The Morgan fingerprint density at radius 3 is 2.80 bits per heavy atom. The van der Waals surface area contributed by atoms with Crippen LogP contribution in [0.5, 0.6) is 0 Å². The summed E-state index contributed by atoms with van der Waals surface area (Å²) in [4.78, 5) is 23.7. The monoisotopic (exact) mass is 371 g/mol. The minimum Gasteiger partial charge on any atom is -0.455 e. The molecule has 3 atom stereocenters. The quantitative estimate of drug-likeness (QED) is 0.614. The van der Waals surface area contributed by atoms with Crippen LogP contribution in [-0.2, 0) is 14.3 Å². The van der Waals surface area contributed by atoms with E-state index in [0.29, 0.717) is 11.8 Å². The van der Waals surface area contributed by atoms with Crippen LogP contribution in [0.15, 0.2) is 23.1 Å². The van der Waals surface area contributed by atoms with Crippen LogP contribution in [0.3, 0.4) is 0 Å². The maximum atomic E-state index is 13.5. The molecule has 0 bridgehead atoms. The van der Waals surface area contributed by atoms with Gasteiger partial charge in [0.1, 0.15) is 11.6 Å². The van der Waals surface area contributed by atoms with Crippen LogP contribution >= 0.6 is 11.8 Å². The second-order valence-electron chi connectivity index (χ2n) is 6.47. The van der Waals surface area contributed by atoms with E-state index in [9.17, 15) is 18.4 Å². The number of hydrogen-bond acceptors (Lipinski definition) is 4. The Bertz CT molecular complexity index is 626. The van der Waals surface area contributed by atoms with Gasteiger partial charge in [0.05, 0.1) is 5.75 Å². The Kier molecular flexibility index (Phi) is 7.23. The maximum absolute atomic E-state index is 13.5. The highest BCUT2D eigenvalue weighted by atomic mass is 32.2. The van der Waals surface area contributed by atoms with Crippen LogP contribution in [0.2, 0.25) is 0 Å². The molecule has 0 aliphatic heterocycles. The number of carbonyl (C=O) groups excluding carboxylic acids is 2. The van der Waals surface area contributed by atoms with E-state index in [1.165, 1.54) is 0 Å². The lowest BCUT2D eigenvalue weighted by atomic mass is 9.78. The molecule has 7 heteroatoms. The van der Waals surface area contributed by atoms with Crippen LogP contribution < -0.4 is 5.32 Å². The molecule has 1 amide bonds. The predicted molar refractivity (Wildman–Crippen MR) is 92.2 cm³/mol. The van der Waals surface area contributed by atoms with Crippen LogP contribution in [0.1, 0.15) is 33.1 Å². The van der Waals surface area contributed by atoms with Crippen molar-refractivity contribution in [3.8, 4) is 0 Å². The number of rotatable bonds is 6. The van der Waals surface area contributed by atoms with Gasteiger partial charge in [-0.25, -0.2) is 8.78 Å². The van der Waals surface area contributed by atoms with Gasteiger partial charge in [0, 0.05) is 10.9 Å². The first-order valence-corrected chi connectivity index (χ1v) is 9.38. The van der Waals surface area contributed by atoms with E-state index >= 15 is 0 Å². The predicted octanol–water partition coefficient (Wildman–Crippen LogP) is 3.54. The molecule has 0 spiro atoms. The molecule has 1 N–H and O–H groups in total. The number of ether oxygens (including phenoxy) is 1. The van der Waals surface area contributed by atoms with Crippen molar-refractivity contribution in [2.75, 3.05) is 12.4 Å². The number of carbonyl (C=O) groups is 2. The molecule has 1 aromatic rings. The number of esters is 1. The van der Waals surface area contributed by atoms with Gasteiger partial charge in [-0.1, -0.05) is 26.7 Å². The molecule has 4 nitrogen and oxygen atoms in total. The fraction of sp³-hybridized carbons (Fsp3) is 0.556. The van der Waals surface area contributed by atoms with Crippen molar-refractivity contribution in [2.24, 2.45) is 11.8 Å². The molecule has 0 radical (unpaired) electrons. The third-order valence-electron chi connectivity index (χ3n) is 4.66. The van der Waals surface area contributed by atoms with Gasteiger partial charge in [0.15, 0.2) is 6.61 Å². The van der Waals surface area contributed by atoms with Crippen molar-refractivity contribution in [3.05, 3.63) is 29.8 Å². The van der Waals surface area contributed by atoms with Crippen molar-refractivity contribution in [2.45, 2.75) is 44.0 Å². The molecular formula is C18H23F2NO3S. The van der Waals surface area contributed by atoms with Crippen molar-refractivity contribution < 1.29 is 23.1 Å². The van der Waals surface area contributed by atoms with Crippen LogP contribution in [-0.4, -0.2) is 30.3 Å². The maximum Gasteiger partial charge on any atom is 0.316 e. The molecule has 1 aliphatic rings. The summed E-state index contributed by atoms with van der Waals surface area (Å²) in [5.41, 5.74) is 0. The number of amides is 1. The van der Waals surface area contributed by atoms with Gasteiger partial charge in [-0.3, -0.25) is 9.59 Å². The highest BCUT2D eigenvalue weighted by molar-refractivity contribution is 8.00. The highest BCUT2D eigenvalue weighted by Crippen LogP contribution is 2.29. The van der Waals surface area contributed by atoms with Gasteiger partial charge in [-0.05, 0) is 36.5 Å². The average molecular weight is 371 g/mol. The van der Waals surface area contributed by atoms with Gasteiger partial charge in [0.2, 0.25) is 0 Å². The van der Waals surface area contributed by atoms with Gasteiger partial charge >= 0.3 is 5.97 Å². The lowest BCUT2D eigenvalue weighted by Crippen LogP contribution is -2.45. The molecule has 1 aromatic carbocycles. The van der Waals surface area contributed by atoms with Gasteiger partial charge in [0.25, 0.3) is 5.91 Å². The summed E-state index contributed by atoms with van der Waals surface area (Å²) in [5, 5.41) is 2.91. The van der Waals surface area contributed by atoms with Crippen LogP contribution in [0.4, 0.5) is 8.78 Å². The van der Waals surface area contributed by atoms with E-state index in [4.69, 9.17) is 4.74 Å². The van der Waals surface area contributed by atoms with Gasteiger partial charge in [-0.15, -0.1) is 11.8 Å². The Hall–Kier alpha value is -1.63. The van der Waals surface area contributed by atoms with Gasteiger partial charge < -0.3 is 10.1 Å². The molecule has 138 valence electrons. The summed E-state index contributed by atoms with van der Waals surface area (Å²) in [6.07, 6.45) is 3.17. The fourth-order valence-corrected chi connectivity index (χ4v) is 3.70. The molecule has 0 heterocycles. The number of hydrogen-bond donors (Lipinski definition) is 1. The van der Waals surface area contributed by atoms with E-state index in [1.54, 1.807) is 0 Å². The number of nitrogens with one attached hydrogen (secondary N) is 1. The molecule has 25 heavy (non-hydrogen) atoms. The first-order chi connectivity index (χ1) is 11.9. The fourth-order valence-electron chi connectivity index (χ4n) is 2.95. The van der Waals surface area contributed by atoms with E-state index in [1.807, 2.05) is 0 Å². The molecular weight excluding hydrogens is 348 g/mol.